The van der Waals surface area contributed by atoms with Crippen molar-refractivity contribution in [3.63, 3.8) is 0 Å². The number of aromatic nitrogens is 2. The van der Waals surface area contributed by atoms with E-state index in [9.17, 15) is 0 Å². The number of rotatable bonds is 1. The van der Waals surface area contributed by atoms with E-state index in [0.717, 1.165) is 16.0 Å². The second kappa shape index (κ2) is 3.38. The van der Waals surface area contributed by atoms with Gasteiger partial charge < -0.3 is 5.32 Å². The maximum atomic E-state index is 4.23. The number of anilines is 1. The van der Waals surface area contributed by atoms with Gasteiger partial charge in [-0.25, -0.2) is 9.97 Å². The van der Waals surface area contributed by atoms with Crippen molar-refractivity contribution in [3.8, 4) is 0 Å². The molecule has 0 aliphatic carbocycles. The van der Waals surface area contributed by atoms with Crippen molar-refractivity contribution in [1.29, 1.82) is 0 Å². The molecule has 0 amide bonds. The number of fused-ring (bicyclic) bond motifs is 1. The molecule has 0 aliphatic rings. The monoisotopic (exact) mass is 305 g/mol. The zero-order valence-electron chi connectivity index (χ0n) is 7.26. The average Bonchev–Trinajstić information content (AvgIpc) is 2.43. The fraction of sp³-hybridized carbons (Fsp3) is 0.250. The predicted octanol–water partition coefficient (Wildman–Crippen LogP) is 2.65. The average molecular weight is 305 g/mol. The Labute approximate surface area is 93.7 Å². The fourth-order valence-electron chi connectivity index (χ4n) is 1.23. The number of nitrogens with zero attached hydrogens (tertiary/aromatic N) is 2. The Morgan fingerprint density at radius 3 is 2.92 bits per heavy atom. The van der Waals surface area contributed by atoms with Gasteiger partial charge >= 0.3 is 0 Å². The SMILES string of the molecule is CNc1ncnc2sc(I)c(C)c12. The summed E-state index contributed by atoms with van der Waals surface area (Å²) in [7, 11) is 1.88. The van der Waals surface area contributed by atoms with Crippen LogP contribution in [0.1, 0.15) is 5.56 Å². The molecular formula is C8H8IN3S. The first kappa shape index (κ1) is 9.14. The molecular weight excluding hydrogens is 297 g/mol. The first-order chi connectivity index (χ1) is 6.24. The van der Waals surface area contributed by atoms with Crippen molar-refractivity contribution < 1.29 is 0 Å². The van der Waals surface area contributed by atoms with Gasteiger partial charge in [0, 0.05) is 7.05 Å². The van der Waals surface area contributed by atoms with E-state index in [0.29, 0.717) is 0 Å². The third-order valence-electron chi connectivity index (χ3n) is 1.91. The van der Waals surface area contributed by atoms with Crippen LogP contribution in [-0.2, 0) is 0 Å². The van der Waals surface area contributed by atoms with Gasteiger partial charge in [0.1, 0.15) is 17.0 Å². The fourth-order valence-corrected chi connectivity index (χ4v) is 3.01. The molecule has 0 spiro atoms. The lowest BCUT2D eigenvalue weighted by Gasteiger charge is -2.00. The van der Waals surface area contributed by atoms with Crippen LogP contribution in [0, 0.1) is 9.81 Å². The molecule has 0 bridgehead atoms. The molecule has 0 fully saturated rings. The van der Waals surface area contributed by atoms with Crippen LogP contribution in [0.15, 0.2) is 6.33 Å². The molecule has 0 saturated heterocycles. The molecule has 0 atom stereocenters. The number of nitrogens with one attached hydrogen (secondary N) is 1. The van der Waals surface area contributed by atoms with Crippen molar-refractivity contribution in [1.82, 2.24) is 9.97 Å². The summed E-state index contributed by atoms with van der Waals surface area (Å²) < 4.78 is 1.28. The highest BCUT2D eigenvalue weighted by atomic mass is 127. The van der Waals surface area contributed by atoms with Gasteiger partial charge in [-0.15, -0.1) is 11.3 Å². The van der Waals surface area contributed by atoms with E-state index >= 15 is 0 Å². The predicted molar refractivity (Wildman–Crippen MR) is 64.4 cm³/mol. The van der Waals surface area contributed by atoms with Crippen molar-refractivity contribution in [2.24, 2.45) is 0 Å². The highest BCUT2D eigenvalue weighted by Crippen LogP contribution is 2.33. The summed E-state index contributed by atoms with van der Waals surface area (Å²) >= 11 is 4.04. The van der Waals surface area contributed by atoms with E-state index < -0.39 is 0 Å². The van der Waals surface area contributed by atoms with Gasteiger partial charge in [0.15, 0.2) is 0 Å². The van der Waals surface area contributed by atoms with Gasteiger partial charge in [-0.3, -0.25) is 0 Å². The zero-order chi connectivity index (χ0) is 9.42. The first-order valence-corrected chi connectivity index (χ1v) is 5.71. The van der Waals surface area contributed by atoms with Gasteiger partial charge in [0.25, 0.3) is 0 Å². The largest absolute Gasteiger partial charge is 0.372 e. The number of thiophene rings is 1. The molecule has 5 heteroatoms. The lowest BCUT2D eigenvalue weighted by Crippen LogP contribution is -1.93. The standard InChI is InChI=1S/C8H8IN3S/c1-4-5-7(10-2)11-3-12-8(5)13-6(4)9/h3H,1-2H3,(H,10,11,12). The minimum atomic E-state index is 0.918. The van der Waals surface area contributed by atoms with E-state index in [1.807, 2.05) is 7.05 Å². The Balaban J connectivity index is 2.87. The van der Waals surface area contributed by atoms with E-state index in [2.05, 4.69) is 44.8 Å². The molecule has 3 nitrogen and oxygen atoms in total. The molecule has 2 heterocycles. The van der Waals surface area contributed by atoms with E-state index in [-0.39, 0.29) is 0 Å². The number of hydrogen-bond donors (Lipinski definition) is 1. The minimum Gasteiger partial charge on any atom is -0.372 e. The summed E-state index contributed by atoms with van der Waals surface area (Å²) in [6.45, 7) is 2.10. The van der Waals surface area contributed by atoms with Crippen molar-refractivity contribution in [2.45, 2.75) is 6.92 Å². The molecule has 1 N–H and O–H groups in total. The summed E-state index contributed by atoms with van der Waals surface area (Å²) in [4.78, 5) is 9.47. The summed E-state index contributed by atoms with van der Waals surface area (Å²) in [5.74, 6) is 0.918. The van der Waals surface area contributed by atoms with Crippen LogP contribution < -0.4 is 5.32 Å². The molecule has 0 saturated carbocycles. The van der Waals surface area contributed by atoms with Crippen molar-refractivity contribution in [2.75, 3.05) is 12.4 Å². The second-order valence-corrected chi connectivity index (χ2v) is 5.46. The number of aryl methyl sites for hydroxylation is 1. The lowest BCUT2D eigenvalue weighted by atomic mass is 10.2. The van der Waals surface area contributed by atoms with Crippen LogP contribution in [0.5, 0.6) is 0 Å². The van der Waals surface area contributed by atoms with Crippen LogP contribution >= 0.6 is 33.9 Å². The van der Waals surface area contributed by atoms with Crippen molar-refractivity contribution >= 4 is 50.0 Å². The molecule has 2 rings (SSSR count). The van der Waals surface area contributed by atoms with Gasteiger partial charge in [0.2, 0.25) is 0 Å². The number of hydrogen-bond acceptors (Lipinski definition) is 4. The van der Waals surface area contributed by atoms with E-state index in [1.54, 1.807) is 17.7 Å². The van der Waals surface area contributed by atoms with E-state index in [4.69, 9.17) is 0 Å². The van der Waals surface area contributed by atoms with Crippen LogP contribution in [0.4, 0.5) is 5.82 Å². The van der Waals surface area contributed by atoms with Crippen LogP contribution in [0.3, 0.4) is 0 Å². The quantitative estimate of drug-likeness (QED) is 0.823. The molecule has 2 aromatic rings. The molecule has 0 unspecified atom stereocenters. The molecule has 0 aromatic carbocycles. The summed E-state index contributed by atoms with van der Waals surface area (Å²) in [6.07, 6.45) is 1.60. The molecule has 0 aliphatic heterocycles. The van der Waals surface area contributed by atoms with E-state index in [1.165, 1.54) is 8.45 Å². The Morgan fingerprint density at radius 2 is 2.23 bits per heavy atom. The highest BCUT2D eigenvalue weighted by Gasteiger charge is 2.10. The Kier molecular flexibility index (Phi) is 2.37. The summed E-state index contributed by atoms with van der Waals surface area (Å²) in [6, 6.07) is 0. The highest BCUT2D eigenvalue weighted by molar-refractivity contribution is 14.1. The first-order valence-electron chi connectivity index (χ1n) is 3.81. The normalized spacial score (nSPS) is 10.7. The third kappa shape index (κ3) is 1.39. The van der Waals surface area contributed by atoms with Crippen LogP contribution in [0.2, 0.25) is 0 Å². The van der Waals surface area contributed by atoms with Crippen LogP contribution in [-0.4, -0.2) is 17.0 Å². The van der Waals surface area contributed by atoms with Crippen LogP contribution in [0.25, 0.3) is 10.2 Å². The third-order valence-corrected chi connectivity index (χ3v) is 4.36. The zero-order valence-corrected chi connectivity index (χ0v) is 10.2. The molecule has 0 radical (unpaired) electrons. The Hall–Kier alpha value is -0.430. The number of halogens is 1. The maximum absolute atomic E-state index is 4.23. The summed E-state index contributed by atoms with van der Waals surface area (Å²) in [5, 5.41) is 4.23. The second-order valence-electron chi connectivity index (χ2n) is 2.65. The Morgan fingerprint density at radius 1 is 1.46 bits per heavy atom. The lowest BCUT2D eigenvalue weighted by molar-refractivity contribution is 1.22. The van der Waals surface area contributed by atoms with Crippen molar-refractivity contribution in [3.05, 3.63) is 14.8 Å². The Bertz CT molecular complexity index is 452. The summed E-state index contributed by atoms with van der Waals surface area (Å²) in [5.41, 5.74) is 1.27. The maximum Gasteiger partial charge on any atom is 0.138 e. The minimum absolute atomic E-state index is 0.918. The van der Waals surface area contributed by atoms with Gasteiger partial charge in [-0.2, -0.15) is 0 Å². The topological polar surface area (TPSA) is 37.8 Å². The molecule has 2 aromatic heterocycles. The van der Waals surface area contributed by atoms with Gasteiger partial charge in [-0.05, 0) is 35.1 Å². The molecule has 68 valence electrons. The molecule has 13 heavy (non-hydrogen) atoms. The smallest absolute Gasteiger partial charge is 0.138 e. The van der Waals surface area contributed by atoms with Gasteiger partial charge in [0.05, 0.1) is 8.27 Å². The van der Waals surface area contributed by atoms with Gasteiger partial charge in [-0.1, -0.05) is 0 Å².